The van der Waals surface area contributed by atoms with Crippen LogP contribution in [0.5, 0.6) is 5.75 Å². The number of ether oxygens (including phenoxy) is 1. The Bertz CT molecular complexity index is 809. The Morgan fingerprint density at radius 3 is 2.45 bits per heavy atom. The van der Waals surface area contributed by atoms with E-state index in [2.05, 4.69) is 22.8 Å². The number of likely N-dealkylation sites (tertiary alicyclic amines) is 1. The highest BCUT2D eigenvalue weighted by atomic mass is 19.1. The highest BCUT2D eigenvalue weighted by Crippen LogP contribution is 2.17. The number of carbonyl (C=O) groups is 1. The molecule has 0 aliphatic carbocycles. The Labute approximate surface area is 181 Å². The predicted molar refractivity (Wildman–Crippen MR) is 117 cm³/mol. The van der Waals surface area contributed by atoms with Crippen LogP contribution < -0.4 is 15.4 Å². The largest absolute Gasteiger partial charge is 0.491 e. The molecule has 4 N–H and O–H groups in total. The minimum absolute atomic E-state index is 0.143. The van der Waals surface area contributed by atoms with Crippen molar-refractivity contribution in [2.45, 2.75) is 31.4 Å². The third-order valence-electron chi connectivity index (χ3n) is 5.32. The van der Waals surface area contributed by atoms with Crippen molar-refractivity contribution in [2.24, 2.45) is 0 Å². The summed E-state index contributed by atoms with van der Waals surface area (Å²) < 4.78 is 18.3. The van der Waals surface area contributed by atoms with E-state index in [-0.39, 0.29) is 12.4 Å². The maximum atomic E-state index is 12.9. The lowest BCUT2D eigenvalue weighted by Gasteiger charge is -2.31. The van der Waals surface area contributed by atoms with Crippen molar-refractivity contribution in [3.8, 4) is 5.75 Å². The zero-order valence-electron chi connectivity index (χ0n) is 17.5. The molecule has 8 heteroatoms. The van der Waals surface area contributed by atoms with Gasteiger partial charge >= 0.3 is 6.09 Å². The van der Waals surface area contributed by atoms with Crippen LogP contribution in [-0.2, 0) is 6.42 Å². The van der Waals surface area contributed by atoms with Gasteiger partial charge in [-0.05, 0) is 67.8 Å². The first-order valence-corrected chi connectivity index (χ1v) is 10.6. The first-order valence-electron chi connectivity index (χ1n) is 10.6. The molecule has 1 amide bonds. The zero-order valence-corrected chi connectivity index (χ0v) is 17.5. The van der Waals surface area contributed by atoms with Crippen molar-refractivity contribution in [1.82, 2.24) is 10.2 Å². The Hall–Kier alpha value is -2.84. The molecule has 2 aromatic rings. The van der Waals surface area contributed by atoms with Crippen molar-refractivity contribution in [1.29, 1.82) is 0 Å². The highest BCUT2D eigenvalue weighted by molar-refractivity contribution is 5.65. The molecule has 0 aromatic heterocycles. The van der Waals surface area contributed by atoms with Gasteiger partial charge in [-0.15, -0.1) is 0 Å². The Kier molecular flexibility index (Phi) is 8.49. The SMILES string of the molecule is O=C(O)N1CCC(Nc2ccc(CCNC[C@H](O)COc3ccc(F)cc3)cc2)CC1. The Balaban J connectivity index is 1.29. The summed E-state index contributed by atoms with van der Waals surface area (Å²) in [6.45, 7) is 2.42. The van der Waals surface area contributed by atoms with E-state index in [9.17, 15) is 14.3 Å². The van der Waals surface area contributed by atoms with Gasteiger partial charge in [0.25, 0.3) is 0 Å². The summed E-state index contributed by atoms with van der Waals surface area (Å²) >= 11 is 0. The number of aliphatic hydroxyl groups excluding tert-OH is 1. The van der Waals surface area contributed by atoms with Crippen LogP contribution in [0.1, 0.15) is 18.4 Å². The average molecular weight is 432 g/mol. The van der Waals surface area contributed by atoms with Gasteiger partial charge in [-0.2, -0.15) is 0 Å². The standard InChI is InChI=1S/C23H30FN3O4/c24-18-3-7-22(8-4-18)31-16-21(28)15-25-12-9-17-1-5-19(6-2-17)26-20-10-13-27(14-11-20)23(29)30/h1-8,20-21,25-26,28H,9-16H2,(H,29,30)/t21-/m0/s1. The number of anilines is 1. The molecule has 168 valence electrons. The number of hydrogen-bond donors (Lipinski definition) is 4. The van der Waals surface area contributed by atoms with E-state index in [1.54, 1.807) is 0 Å². The van der Waals surface area contributed by atoms with Gasteiger partial charge in [0.05, 0.1) is 0 Å². The van der Waals surface area contributed by atoms with Crippen LogP contribution in [-0.4, -0.2) is 66.1 Å². The van der Waals surface area contributed by atoms with Gasteiger partial charge in [0, 0.05) is 31.4 Å². The molecule has 31 heavy (non-hydrogen) atoms. The van der Waals surface area contributed by atoms with Gasteiger partial charge in [-0.25, -0.2) is 9.18 Å². The molecule has 3 rings (SSSR count). The zero-order chi connectivity index (χ0) is 22.1. The fraction of sp³-hybridized carbons (Fsp3) is 0.435. The smallest absolute Gasteiger partial charge is 0.407 e. The summed E-state index contributed by atoms with van der Waals surface area (Å²) in [5.74, 6) is 0.209. The first-order chi connectivity index (χ1) is 15.0. The number of aliphatic hydroxyl groups is 1. The quantitative estimate of drug-likeness (QED) is 0.432. The number of rotatable bonds is 10. The fourth-order valence-corrected chi connectivity index (χ4v) is 3.50. The minimum Gasteiger partial charge on any atom is -0.491 e. The number of carboxylic acid groups (broad SMARTS) is 1. The van der Waals surface area contributed by atoms with E-state index < -0.39 is 12.2 Å². The summed E-state index contributed by atoms with van der Waals surface area (Å²) in [4.78, 5) is 12.4. The molecule has 1 aliphatic rings. The molecule has 1 atom stereocenters. The van der Waals surface area contributed by atoms with Crippen molar-refractivity contribution >= 4 is 11.8 Å². The van der Waals surface area contributed by atoms with Crippen molar-refractivity contribution in [2.75, 3.05) is 38.1 Å². The lowest BCUT2D eigenvalue weighted by Crippen LogP contribution is -2.41. The molecule has 1 heterocycles. The lowest BCUT2D eigenvalue weighted by molar-refractivity contribution is 0.106. The fourth-order valence-electron chi connectivity index (χ4n) is 3.50. The van der Waals surface area contributed by atoms with Gasteiger partial charge in [-0.3, -0.25) is 0 Å². The van der Waals surface area contributed by atoms with E-state index in [4.69, 9.17) is 9.84 Å². The molecule has 0 unspecified atom stereocenters. The molecule has 1 fully saturated rings. The van der Waals surface area contributed by atoms with Gasteiger partial charge in [-0.1, -0.05) is 12.1 Å². The molecule has 1 saturated heterocycles. The topological polar surface area (TPSA) is 94.1 Å². The number of hydrogen-bond acceptors (Lipinski definition) is 5. The number of halogens is 1. The van der Waals surface area contributed by atoms with E-state index in [0.717, 1.165) is 31.5 Å². The third kappa shape index (κ3) is 7.73. The molecular formula is C23H30FN3O4. The molecule has 0 saturated carbocycles. The molecule has 0 bridgehead atoms. The van der Waals surface area contributed by atoms with Gasteiger partial charge in [0.1, 0.15) is 24.3 Å². The van der Waals surface area contributed by atoms with E-state index >= 15 is 0 Å². The molecule has 1 aliphatic heterocycles. The Morgan fingerprint density at radius 1 is 1.13 bits per heavy atom. The van der Waals surface area contributed by atoms with Crippen LogP contribution in [0.3, 0.4) is 0 Å². The number of nitrogens with one attached hydrogen (secondary N) is 2. The van der Waals surface area contributed by atoms with E-state index in [1.165, 1.54) is 34.7 Å². The van der Waals surface area contributed by atoms with Crippen LogP contribution in [0.2, 0.25) is 0 Å². The van der Waals surface area contributed by atoms with Crippen molar-refractivity contribution < 1.29 is 24.1 Å². The minimum atomic E-state index is -0.843. The lowest BCUT2D eigenvalue weighted by atomic mass is 10.0. The molecule has 0 radical (unpaired) electrons. The molecule has 2 aromatic carbocycles. The number of piperidine rings is 1. The van der Waals surface area contributed by atoms with Gasteiger partial charge in [0.2, 0.25) is 0 Å². The van der Waals surface area contributed by atoms with Crippen molar-refractivity contribution in [3.63, 3.8) is 0 Å². The second kappa shape index (κ2) is 11.5. The summed E-state index contributed by atoms with van der Waals surface area (Å²) in [5, 5.41) is 25.7. The number of nitrogens with zero attached hydrogens (tertiary/aromatic N) is 1. The van der Waals surface area contributed by atoms with Crippen molar-refractivity contribution in [3.05, 3.63) is 59.9 Å². The van der Waals surface area contributed by atoms with Gasteiger partial charge < -0.3 is 30.5 Å². The summed E-state index contributed by atoms with van der Waals surface area (Å²) in [7, 11) is 0. The summed E-state index contributed by atoms with van der Waals surface area (Å²) in [6.07, 6.45) is 0.965. The Morgan fingerprint density at radius 2 is 1.81 bits per heavy atom. The predicted octanol–water partition coefficient (Wildman–Crippen LogP) is 2.95. The molecule has 7 nitrogen and oxygen atoms in total. The molecular weight excluding hydrogens is 401 g/mol. The number of amides is 1. The van der Waals surface area contributed by atoms with E-state index in [1.807, 2.05) is 12.1 Å². The van der Waals surface area contributed by atoms with Gasteiger partial charge in [0.15, 0.2) is 0 Å². The van der Waals surface area contributed by atoms with Crippen LogP contribution in [0, 0.1) is 5.82 Å². The maximum absolute atomic E-state index is 12.9. The molecule has 0 spiro atoms. The number of benzene rings is 2. The van der Waals surface area contributed by atoms with Crippen LogP contribution in [0.4, 0.5) is 14.9 Å². The first kappa shape index (κ1) is 22.8. The summed E-state index contributed by atoms with van der Waals surface area (Å²) in [5.41, 5.74) is 2.23. The van der Waals surface area contributed by atoms with Crippen LogP contribution in [0.25, 0.3) is 0 Å². The maximum Gasteiger partial charge on any atom is 0.407 e. The highest BCUT2D eigenvalue weighted by Gasteiger charge is 2.21. The normalized spacial score (nSPS) is 15.5. The van der Waals surface area contributed by atoms with Crippen LogP contribution >= 0.6 is 0 Å². The average Bonchev–Trinajstić information content (AvgIpc) is 2.78. The van der Waals surface area contributed by atoms with E-state index in [0.29, 0.717) is 31.4 Å². The second-order valence-corrected chi connectivity index (χ2v) is 7.76. The van der Waals surface area contributed by atoms with Crippen LogP contribution in [0.15, 0.2) is 48.5 Å². The summed E-state index contributed by atoms with van der Waals surface area (Å²) in [6, 6.07) is 14.2. The second-order valence-electron chi connectivity index (χ2n) is 7.76. The monoisotopic (exact) mass is 431 g/mol. The third-order valence-corrected chi connectivity index (χ3v) is 5.32.